The molecule has 0 spiro atoms. The maximum atomic E-state index is 11.9. The van der Waals surface area contributed by atoms with Crippen molar-refractivity contribution in [1.82, 2.24) is 10.2 Å². The number of rotatable bonds is 3. The van der Waals surface area contributed by atoms with Crippen LogP contribution in [0.15, 0.2) is 18.2 Å². The van der Waals surface area contributed by atoms with Gasteiger partial charge in [0, 0.05) is 31.2 Å². The molecule has 0 saturated carbocycles. The van der Waals surface area contributed by atoms with Crippen molar-refractivity contribution in [1.29, 1.82) is 0 Å². The number of carbonyl (C=O) groups excluding carboxylic acids is 1. The number of hydrogen-bond donors (Lipinski definition) is 2. The second kappa shape index (κ2) is 6.80. The topological polar surface area (TPSA) is 61.6 Å². The van der Waals surface area contributed by atoms with Crippen LogP contribution in [0.1, 0.15) is 30.6 Å². The molecule has 0 aromatic heterocycles. The van der Waals surface area contributed by atoms with E-state index >= 15 is 0 Å². The van der Waals surface area contributed by atoms with Crippen molar-refractivity contribution in [2.45, 2.75) is 26.3 Å². The van der Waals surface area contributed by atoms with Gasteiger partial charge in [-0.15, -0.1) is 0 Å². The minimum atomic E-state index is -0.0700. The molecule has 1 unspecified atom stereocenters. The lowest BCUT2D eigenvalue weighted by molar-refractivity contribution is 0.0956. The van der Waals surface area contributed by atoms with Gasteiger partial charge in [-0.05, 0) is 52.1 Å². The summed E-state index contributed by atoms with van der Waals surface area (Å²) >= 11 is 0. The van der Waals surface area contributed by atoms with Crippen LogP contribution >= 0.6 is 0 Å². The van der Waals surface area contributed by atoms with Crippen LogP contribution in [0.3, 0.4) is 0 Å². The van der Waals surface area contributed by atoms with E-state index in [1.54, 1.807) is 6.07 Å². The van der Waals surface area contributed by atoms with Gasteiger partial charge in [-0.3, -0.25) is 4.79 Å². The largest absolute Gasteiger partial charge is 0.397 e. The highest BCUT2D eigenvalue weighted by Gasteiger charge is 2.21. The number of likely N-dealkylation sites (N-methyl/N-ethyl adjacent to an activating group) is 1. The number of carbonyl (C=O) groups is 1. The maximum Gasteiger partial charge on any atom is 0.251 e. The third-order valence-electron chi connectivity index (χ3n) is 3.98. The summed E-state index contributed by atoms with van der Waals surface area (Å²) in [4.78, 5) is 16.6. The fraction of sp³-hybridized carbons (Fsp3) is 0.562. The number of nitrogens with one attached hydrogen (secondary N) is 1. The first-order valence-electron chi connectivity index (χ1n) is 7.65. The Morgan fingerprint density at radius 2 is 2.19 bits per heavy atom. The number of amides is 1. The van der Waals surface area contributed by atoms with E-state index in [1.165, 1.54) is 0 Å². The molecule has 2 rings (SSSR count). The molecule has 21 heavy (non-hydrogen) atoms. The second-order valence-electron chi connectivity index (χ2n) is 5.79. The van der Waals surface area contributed by atoms with Crippen molar-refractivity contribution in [3.63, 3.8) is 0 Å². The molecule has 1 aromatic rings. The number of nitrogen functional groups attached to an aromatic ring is 1. The van der Waals surface area contributed by atoms with E-state index in [1.807, 2.05) is 19.1 Å². The molecule has 1 saturated heterocycles. The zero-order valence-corrected chi connectivity index (χ0v) is 13.2. The molecule has 1 aliphatic heterocycles. The Bertz CT molecular complexity index is 503. The average Bonchev–Trinajstić information content (AvgIpc) is 2.60. The third-order valence-corrected chi connectivity index (χ3v) is 3.98. The van der Waals surface area contributed by atoms with E-state index in [0.717, 1.165) is 31.7 Å². The van der Waals surface area contributed by atoms with Gasteiger partial charge in [-0.1, -0.05) is 0 Å². The van der Waals surface area contributed by atoms with Crippen molar-refractivity contribution in [3.8, 4) is 0 Å². The molecule has 5 nitrogen and oxygen atoms in total. The summed E-state index contributed by atoms with van der Waals surface area (Å²) in [6.07, 6.45) is 1.12. The first-order valence-corrected chi connectivity index (χ1v) is 7.65. The Morgan fingerprint density at radius 1 is 1.43 bits per heavy atom. The Kier molecular flexibility index (Phi) is 5.07. The molecule has 1 amide bonds. The predicted molar refractivity (Wildman–Crippen MR) is 87.8 cm³/mol. The molecule has 0 bridgehead atoms. The van der Waals surface area contributed by atoms with Crippen LogP contribution in [0.4, 0.5) is 11.4 Å². The van der Waals surface area contributed by atoms with Crippen LogP contribution in [0, 0.1) is 0 Å². The SMILES string of the molecule is CCNC(=O)c1ccc(N2CCCN(C)CC2C)c(N)c1. The lowest BCUT2D eigenvalue weighted by atomic mass is 10.1. The van der Waals surface area contributed by atoms with Gasteiger partial charge in [-0.25, -0.2) is 0 Å². The van der Waals surface area contributed by atoms with Gasteiger partial charge in [0.25, 0.3) is 5.91 Å². The van der Waals surface area contributed by atoms with Crippen LogP contribution in [0.2, 0.25) is 0 Å². The monoisotopic (exact) mass is 290 g/mol. The first-order chi connectivity index (χ1) is 10.0. The fourth-order valence-electron chi connectivity index (χ4n) is 2.95. The Morgan fingerprint density at radius 3 is 2.86 bits per heavy atom. The highest BCUT2D eigenvalue weighted by atomic mass is 16.1. The lowest BCUT2D eigenvalue weighted by Gasteiger charge is -2.31. The molecular weight excluding hydrogens is 264 g/mol. The van der Waals surface area contributed by atoms with E-state index in [4.69, 9.17) is 5.73 Å². The molecule has 3 N–H and O–H groups in total. The zero-order chi connectivity index (χ0) is 15.4. The minimum absolute atomic E-state index is 0.0700. The van der Waals surface area contributed by atoms with E-state index in [-0.39, 0.29) is 5.91 Å². The van der Waals surface area contributed by atoms with Crippen LogP contribution in [-0.2, 0) is 0 Å². The Hall–Kier alpha value is -1.75. The van der Waals surface area contributed by atoms with Crippen molar-refractivity contribution in [2.75, 3.05) is 43.9 Å². The Balaban J connectivity index is 2.21. The summed E-state index contributed by atoms with van der Waals surface area (Å²) in [5, 5.41) is 2.80. The summed E-state index contributed by atoms with van der Waals surface area (Å²) in [5.41, 5.74) is 8.53. The highest BCUT2D eigenvalue weighted by molar-refractivity contribution is 5.96. The average molecular weight is 290 g/mol. The molecule has 116 valence electrons. The quantitative estimate of drug-likeness (QED) is 0.829. The first kappa shape index (κ1) is 15.6. The van der Waals surface area contributed by atoms with Gasteiger partial charge in [0.05, 0.1) is 11.4 Å². The standard InChI is InChI=1S/C16H26N4O/c1-4-18-16(21)13-6-7-15(14(17)10-13)20-9-5-8-19(3)11-12(20)2/h6-7,10,12H,4-5,8-9,11,17H2,1-3H3,(H,18,21). The smallest absolute Gasteiger partial charge is 0.251 e. The summed E-state index contributed by atoms with van der Waals surface area (Å²) in [6.45, 7) is 7.88. The highest BCUT2D eigenvalue weighted by Crippen LogP contribution is 2.27. The van der Waals surface area contributed by atoms with Gasteiger partial charge in [0.1, 0.15) is 0 Å². The summed E-state index contributed by atoms with van der Waals surface area (Å²) in [5.74, 6) is -0.0700. The second-order valence-corrected chi connectivity index (χ2v) is 5.79. The summed E-state index contributed by atoms with van der Waals surface area (Å²) in [7, 11) is 2.15. The summed E-state index contributed by atoms with van der Waals surface area (Å²) in [6, 6.07) is 6.02. The van der Waals surface area contributed by atoms with Crippen LogP contribution in [-0.4, -0.2) is 50.1 Å². The lowest BCUT2D eigenvalue weighted by Crippen LogP contribution is -2.38. The van der Waals surface area contributed by atoms with Gasteiger partial charge in [0.15, 0.2) is 0 Å². The molecule has 1 atom stereocenters. The molecular formula is C16H26N4O. The number of nitrogens with two attached hydrogens (primary N) is 1. The fourth-order valence-corrected chi connectivity index (χ4v) is 2.95. The van der Waals surface area contributed by atoms with Crippen LogP contribution in [0.25, 0.3) is 0 Å². The molecule has 1 aromatic carbocycles. The number of hydrogen-bond acceptors (Lipinski definition) is 4. The van der Waals surface area contributed by atoms with Gasteiger partial charge in [0.2, 0.25) is 0 Å². The van der Waals surface area contributed by atoms with E-state index < -0.39 is 0 Å². The van der Waals surface area contributed by atoms with Crippen LogP contribution < -0.4 is 16.0 Å². The molecule has 1 heterocycles. The van der Waals surface area contributed by atoms with Crippen LogP contribution in [0.5, 0.6) is 0 Å². The molecule has 1 fully saturated rings. The van der Waals surface area contributed by atoms with E-state index in [0.29, 0.717) is 23.8 Å². The van der Waals surface area contributed by atoms with E-state index in [2.05, 4.69) is 29.1 Å². The van der Waals surface area contributed by atoms with Gasteiger partial charge < -0.3 is 20.9 Å². The zero-order valence-electron chi connectivity index (χ0n) is 13.2. The molecule has 0 aliphatic carbocycles. The summed E-state index contributed by atoms with van der Waals surface area (Å²) < 4.78 is 0. The van der Waals surface area contributed by atoms with Crippen molar-refractivity contribution >= 4 is 17.3 Å². The number of benzene rings is 1. The molecule has 1 aliphatic rings. The maximum absolute atomic E-state index is 11.9. The number of anilines is 2. The predicted octanol–water partition coefficient (Wildman–Crippen LogP) is 1.55. The third kappa shape index (κ3) is 3.67. The minimum Gasteiger partial charge on any atom is -0.397 e. The van der Waals surface area contributed by atoms with Gasteiger partial charge >= 0.3 is 0 Å². The van der Waals surface area contributed by atoms with E-state index in [9.17, 15) is 4.79 Å². The molecule has 0 radical (unpaired) electrons. The van der Waals surface area contributed by atoms with Crippen molar-refractivity contribution in [3.05, 3.63) is 23.8 Å². The molecule has 5 heteroatoms. The number of nitrogens with zero attached hydrogens (tertiary/aromatic N) is 2. The normalized spacial score (nSPS) is 20.1. The van der Waals surface area contributed by atoms with Crippen molar-refractivity contribution < 1.29 is 4.79 Å². The van der Waals surface area contributed by atoms with Crippen molar-refractivity contribution in [2.24, 2.45) is 0 Å². The van der Waals surface area contributed by atoms with Gasteiger partial charge in [-0.2, -0.15) is 0 Å². The Labute approximate surface area is 127 Å².